The highest BCUT2D eigenvalue weighted by Crippen LogP contribution is 2.43. The highest BCUT2D eigenvalue weighted by molar-refractivity contribution is 5.77. The van der Waals surface area contributed by atoms with Crippen molar-refractivity contribution in [3.63, 3.8) is 0 Å². The van der Waals surface area contributed by atoms with E-state index in [4.69, 9.17) is 9.47 Å². The van der Waals surface area contributed by atoms with Crippen molar-refractivity contribution in [2.45, 2.75) is 65.6 Å². The smallest absolute Gasteiger partial charge is 0.339 e. The molecule has 18 heavy (non-hydrogen) atoms. The lowest BCUT2D eigenvalue weighted by Gasteiger charge is -2.40. The Hall–Kier alpha value is -0.830. The van der Waals surface area contributed by atoms with Crippen LogP contribution in [-0.2, 0) is 14.3 Å². The lowest BCUT2D eigenvalue weighted by molar-refractivity contribution is -0.165. The highest BCUT2D eigenvalue weighted by atomic mass is 16.6. The Balaban J connectivity index is 2.79. The number of ether oxygens (including phenoxy) is 2. The summed E-state index contributed by atoms with van der Waals surface area (Å²) in [5, 5.41) is 0. The molecule has 3 heteroatoms. The topological polar surface area (TPSA) is 35.5 Å². The molecule has 0 unspecified atom stereocenters. The van der Waals surface area contributed by atoms with Crippen LogP contribution in [0.15, 0.2) is 12.2 Å². The summed E-state index contributed by atoms with van der Waals surface area (Å²) in [6, 6.07) is 0. The van der Waals surface area contributed by atoms with Gasteiger partial charge in [-0.15, -0.1) is 0 Å². The van der Waals surface area contributed by atoms with Crippen LogP contribution in [0.3, 0.4) is 0 Å². The van der Waals surface area contributed by atoms with Crippen LogP contribution in [0, 0.1) is 5.41 Å². The van der Waals surface area contributed by atoms with Gasteiger partial charge in [-0.2, -0.15) is 0 Å². The van der Waals surface area contributed by atoms with E-state index in [1.165, 1.54) is 0 Å². The van der Waals surface area contributed by atoms with Crippen LogP contribution >= 0.6 is 0 Å². The zero-order chi connectivity index (χ0) is 13.8. The normalized spacial score (nSPS) is 27.5. The third kappa shape index (κ3) is 3.14. The monoisotopic (exact) mass is 254 g/mol. The predicted molar refractivity (Wildman–Crippen MR) is 72.4 cm³/mol. The molecule has 0 aromatic carbocycles. The van der Waals surface area contributed by atoms with Gasteiger partial charge in [-0.3, -0.25) is 0 Å². The lowest BCUT2D eigenvalue weighted by Crippen LogP contribution is -2.44. The molecule has 1 heterocycles. The third-order valence-corrected chi connectivity index (χ3v) is 3.57. The molecule has 0 saturated carbocycles. The van der Waals surface area contributed by atoms with Gasteiger partial charge >= 0.3 is 5.97 Å². The van der Waals surface area contributed by atoms with Gasteiger partial charge in [-0.25, -0.2) is 4.79 Å². The maximum absolute atomic E-state index is 11.7. The molecule has 0 aromatic rings. The number of carbonyl (C=O) groups excluding carboxylic acids is 1. The maximum atomic E-state index is 11.7. The fraction of sp³-hybridized carbons (Fsp3) is 0.800. The predicted octanol–water partition coefficient (Wildman–Crippen LogP) is 3.48. The second-order valence-corrected chi connectivity index (χ2v) is 5.89. The van der Waals surface area contributed by atoms with E-state index in [0.29, 0.717) is 6.61 Å². The first-order valence-electron chi connectivity index (χ1n) is 6.90. The Bertz CT molecular complexity index is 314. The molecule has 104 valence electrons. The number of rotatable bonds is 5. The molecule has 1 aliphatic heterocycles. The summed E-state index contributed by atoms with van der Waals surface area (Å²) in [4.78, 5) is 11.7. The Kier molecular flexibility index (Phi) is 4.97. The van der Waals surface area contributed by atoms with Gasteiger partial charge < -0.3 is 9.47 Å². The Morgan fingerprint density at radius 1 is 1.39 bits per heavy atom. The molecule has 0 amide bonds. The van der Waals surface area contributed by atoms with E-state index in [2.05, 4.69) is 33.8 Å². The minimum Gasteiger partial charge on any atom is -0.464 e. The van der Waals surface area contributed by atoms with E-state index in [0.717, 1.165) is 19.3 Å². The maximum Gasteiger partial charge on any atom is 0.339 e. The minimum atomic E-state index is -0.541. The minimum absolute atomic E-state index is 0.0279. The summed E-state index contributed by atoms with van der Waals surface area (Å²) in [6.07, 6.45) is 6.53. The van der Waals surface area contributed by atoms with Crippen molar-refractivity contribution in [1.29, 1.82) is 0 Å². The van der Waals surface area contributed by atoms with Crippen molar-refractivity contribution in [2.24, 2.45) is 5.41 Å². The molecule has 3 nitrogen and oxygen atoms in total. The van der Waals surface area contributed by atoms with Crippen molar-refractivity contribution in [1.82, 2.24) is 0 Å². The van der Waals surface area contributed by atoms with Gasteiger partial charge in [0.1, 0.15) is 0 Å². The quantitative estimate of drug-likeness (QED) is 0.556. The summed E-state index contributed by atoms with van der Waals surface area (Å²) < 4.78 is 11.1. The van der Waals surface area contributed by atoms with Crippen LogP contribution in [0.4, 0.5) is 0 Å². The molecule has 1 aliphatic rings. The SMILES string of the molecule is CCCC[C@@]1(C(C)(C)C)C=C[C@@H](C(=O)OCC)O1. The third-order valence-electron chi connectivity index (χ3n) is 3.57. The second kappa shape index (κ2) is 5.87. The van der Waals surface area contributed by atoms with Crippen LogP contribution in [0.25, 0.3) is 0 Å². The Labute approximate surface area is 111 Å². The molecule has 0 fully saturated rings. The summed E-state index contributed by atoms with van der Waals surface area (Å²) in [7, 11) is 0. The van der Waals surface area contributed by atoms with Crippen molar-refractivity contribution >= 4 is 5.97 Å². The summed E-state index contributed by atoms with van der Waals surface area (Å²) in [5.74, 6) is -0.281. The average molecular weight is 254 g/mol. The molecule has 0 N–H and O–H groups in total. The molecule has 0 spiro atoms. The number of carbonyl (C=O) groups is 1. The van der Waals surface area contributed by atoms with Gasteiger partial charge in [0.2, 0.25) is 0 Å². The molecular weight excluding hydrogens is 228 g/mol. The van der Waals surface area contributed by atoms with Gasteiger partial charge in [0.15, 0.2) is 6.10 Å². The van der Waals surface area contributed by atoms with Gasteiger partial charge in [0.05, 0.1) is 12.2 Å². The molecule has 0 bridgehead atoms. The largest absolute Gasteiger partial charge is 0.464 e. The van der Waals surface area contributed by atoms with Crippen LogP contribution in [0.1, 0.15) is 53.9 Å². The Morgan fingerprint density at radius 3 is 2.56 bits per heavy atom. The first kappa shape index (κ1) is 15.2. The lowest BCUT2D eigenvalue weighted by atomic mass is 9.74. The summed E-state index contributed by atoms with van der Waals surface area (Å²) in [5.41, 5.74) is -0.375. The summed E-state index contributed by atoms with van der Waals surface area (Å²) in [6.45, 7) is 10.8. The zero-order valence-corrected chi connectivity index (χ0v) is 12.3. The van der Waals surface area contributed by atoms with E-state index < -0.39 is 6.10 Å². The van der Waals surface area contributed by atoms with Crippen molar-refractivity contribution in [3.05, 3.63) is 12.2 Å². The number of esters is 1. The molecule has 0 radical (unpaired) electrons. The standard InChI is InChI=1S/C15H26O3/c1-6-8-10-15(14(3,4)5)11-9-12(18-15)13(16)17-7-2/h9,11-12H,6-8,10H2,1-5H3/t12-,15-/m0/s1. The van der Waals surface area contributed by atoms with Crippen molar-refractivity contribution in [3.8, 4) is 0 Å². The molecular formula is C15H26O3. The zero-order valence-electron chi connectivity index (χ0n) is 12.3. The van der Waals surface area contributed by atoms with Crippen LogP contribution in [-0.4, -0.2) is 24.3 Å². The molecule has 0 aromatic heterocycles. The van der Waals surface area contributed by atoms with Crippen LogP contribution in [0.5, 0.6) is 0 Å². The van der Waals surface area contributed by atoms with Gasteiger partial charge in [0.25, 0.3) is 0 Å². The average Bonchev–Trinajstić information content (AvgIpc) is 2.71. The Morgan fingerprint density at radius 2 is 2.06 bits per heavy atom. The van der Waals surface area contributed by atoms with E-state index in [-0.39, 0.29) is 17.0 Å². The van der Waals surface area contributed by atoms with E-state index in [1.807, 2.05) is 13.0 Å². The van der Waals surface area contributed by atoms with E-state index in [9.17, 15) is 4.79 Å². The molecule has 0 saturated heterocycles. The fourth-order valence-electron chi connectivity index (χ4n) is 2.28. The molecule has 0 aliphatic carbocycles. The first-order chi connectivity index (χ1) is 8.36. The first-order valence-corrected chi connectivity index (χ1v) is 6.90. The van der Waals surface area contributed by atoms with Crippen molar-refractivity contribution in [2.75, 3.05) is 6.61 Å². The van der Waals surface area contributed by atoms with Crippen molar-refractivity contribution < 1.29 is 14.3 Å². The molecule has 1 rings (SSSR count). The van der Waals surface area contributed by atoms with E-state index in [1.54, 1.807) is 0 Å². The fourth-order valence-corrected chi connectivity index (χ4v) is 2.28. The number of hydrogen-bond acceptors (Lipinski definition) is 3. The van der Waals surface area contributed by atoms with Gasteiger partial charge in [0, 0.05) is 0 Å². The highest BCUT2D eigenvalue weighted by Gasteiger charge is 2.46. The summed E-state index contributed by atoms with van der Waals surface area (Å²) >= 11 is 0. The van der Waals surface area contributed by atoms with Crippen LogP contribution in [0.2, 0.25) is 0 Å². The molecule has 2 atom stereocenters. The van der Waals surface area contributed by atoms with Crippen LogP contribution < -0.4 is 0 Å². The number of unbranched alkanes of at least 4 members (excludes halogenated alkanes) is 1. The van der Waals surface area contributed by atoms with E-state index >= 15 is 0 Å². The van der Waals surface area contributed by atoms with Gasteiger partial charge in [-0.1, -0.05) is 46.6 Å². The van der Waals surface area contributed by atoms with Gasteiger partial charge in [-0.05, 0) is 24.8 Å². The second-order valence-electron chi connectivity index (χ2n) is 5.89. The number of hydrogen-bond donors (Lipinski definition) is 0.